The lowest BCUT2D eigenvalue weighted by Gasteiger charge is -2.28. The van der Waals surface area contributed by atoms with Crippen molar-refractivity contribution < 1.29 is 13.6 Å². The number of aryl methyl sites for hydroxylation is 1. The van der Waals surface area contributed by atoms with Gasteiger partial charge in [-0.15, -0.1) is 0 Å². The van der Waals surface area contributed by atoms with Gasteiger partial charge in [0, 0.05) is 30.5 Å². The van der Waals surface area contributed by atoms with Crippen molar-refractivity contribution in [3.8, 4) is 0 Å². The molecule has 1 amide bonds. The zero-order valence-electron chi connectivity index (χ0n) is 10.6. The highest BCUT2D eigenvalue weighted by molar-refractivity contribution is 5.93. The summed E-state index contributed by atoms with van der Waals surface area (Å²) in [6.07, 6.45) is 0.287. The van der Waals surface area contributed by atoms with Gasteiger partial charge < -0.3 is 10.3 Å². The number of alkyl halides is 2. The zero-order valence-corrected chi connectivity index (χ0v) is 10.6. The average molecular weight is 270 g/mol. The fraction of sp³-hybridized carbons (Fsp3) is 0.538. The highest BCUT2D eigenvalue weighted by atomic mass is 19.3. The smallest absolute Gasteiger partial charge is 0.248 e. The van der Waals surface area contributed by atoms with E-state index in [1.165, 1.54) is 12.1 Å². The molecule has 0 bridgehead atoms. The maximum Gasteiger partial charge on any atom is 0.248 e. The second-order valence-corrected chi connectivity index (χ2v) is 5.00. The van der Waals surface area contributed by atoms with Crippen LogP contribution in [0.5, 0.6) is 0 Å². The van der Waals surface area contributed by atoms with Crippen LogP contribution in [0.4, 0.5) is 14.5 Å². The van der Waals surface area contributed by atoms with E-state index >= 15 is 0 Å². The molecular formula is C13H16F2N2O2. The maximum absolute atomic E-state index is 13.3. The average Bonchev–Trinajstić information content (AvgIpc) is 2.31. The van der Waals surface area contributed by atoms with E-state index in [4.69, 9.17) is 0 Å². The summed E-state index contributed by atoms with van der Waals surface area (Å²) >= 11 is 0. The molecule has 1 unspecified atom stereocenters. The summed E-state index contributed by atoms with van der Waals surface area (Å²) in [6.45, 7) is 1.65. The van der Waals surface area contributed by atoms with Crippen LogP contribution in [0.3, 0.4) is 0 Å². The molecule has 19 heavy (non-hydrogen) atoms. The second kappa shape index (κ2) is 5.11. The molecule has 1 saturated carbocycles. The topological polar surface area (TPSA) is 62.0 Å². The third kappa shape index (κ3) is 3.39. The first kappa shape index (κ1) is 13.7. The molecule has 1 fully saturated rings. The standard InChI is InChI=1S/C13H16F2N2O2/c1-8-10(4-5-11(18)16-8)17-12(19)9-3-2-6-13(14,15)7-9/h4-5,9H,2-3,6-7H2,1H3,(H,16,18)(H,17,19). The quantitative estimate of drug-likeness (QED) is 0.867. The summed E-state index contributed by atoms with van der Waals surface area (Å²) < 4.78 is 26.5. The van der Waals surface area contributed by atoms with E-state index < -0.39 is 24.2 Å². The molecule has 6 heteroatoms. The van der Waals surface area contributed by atoms with Crippen molar-refractivity contribution in [3.05, 3.63) is 28.2 Å². The van der Waals surface area contributed by atoms with E-state index in [0.717, 1.165) is 0 Å². The normalized spacial score (nSPS) is 21.9. The molecule has 1 aliphatic carbocycles. The van der Waals surface area contributed by atoms with Crippen molar-refractivity contribution in [1.29, 1.82) is 0 Å². The minimum absolute atomic E-state index is 0.144. The minimum atomic E-state index is -2.75. The maximum atomic E-state index is 13.3. The molecule has 0 radical (unpaired) electrons. The Hall–Kier alpha value is -1.72. The van der Waals surface area contributed by atoms with Crippen molar-refractivity contribution in [3.63, 3.8) is 0 Å². The molecule has 0 spiro atoms. The van der Waals surface area contributed by atoms with Crippen LogP contribution in [-0.2, 0) is 4.79 Å². The largest absolute Gasteiger partial charge is 0.324 e. The van der Waals surface area contributed by atoms with Gasteiger partial charge in [0.25, 0.3) is 0 Å². The molecule has 104 valence electrons. The van der Waals surface area contributed by atoms with E-state index in [0.29, 0.717) is 24.2 Å². The Labute approximate surface area is 109 Å². The fourth-order valence-corrected chi connectivity index (χ4v) is 2.34. The third-order valence-corrected chi connectivity index (χ3v) is 3.38. The number of hydrogen-bond donors (Lipinski definition) is 2. The van der Waals surface area contributed by atoms with Gasteiger partial charge in [-0.25, -0.2) is 8.78 Å². The van der Waals surface area contributed by atoms with Gasteiger partial charge in [-0.3, -0.25) is 9.59 Å². The van der Waals surface area contributed by atoms with Crippen LogP contribution in [0.2, 0.25) is 0 Å². The Kier molecular flexibility index (Phi) is 3.68. The van der Waals surface area contributed by atoms with Crippen LogP contribution in [0.15, 0.2) is 16.9 Å². The SMILES string of the molecule is Cc1[nH]c(=O)ccc1NC(=O)C1CCCC(F)(F)C1. The highest BCUT2D eigenvalue weighted by Crippen LogP contribution is 2.37. The number of H-pyrrole nitrogens is 1. The molecule has 0 aliphatic heterocycles. The number of aromatic nitrogens is 1. The molecule has 0 saturated heterocycles. The molecule has 0 aromatic carbocycles. The molecule has 2 rings (SSSR count). The van der Waals surface area contributed by atoms with Gasteiger partial charge >= 0.3 is 0 Å². The molecule has 4 nitrogen and oxygen atoms in total. The summed E-state index contributed by atoms with van der Waals surface area (Å²) in [5.74, 6) is -3.83. The Balaban J connectivity index is 2.06. The van der Waals surface area contributed by atoms with Gasteiger partial charge in [-0.2, -0.15) is 0 Å². The van der Waals surface area contributed by atoms with Gasteiger partial charge in [0.1, 0.15) is 0 Å². The van der Waals surface area contributed by atoms with Crippen molar-refractivity contribution in [2.45, 2.75) is 38.5 Å². The summed E-state index contributed by atoms with van der Waals surface area (Å²) in [5, 5.41) is 2.60. The molecule has 1 aromatic heterocycles. The molecule has 1 aliphatic rings. The number of rotatable bonds is 2. The van der Waals surface area contributed by atoms with Gasteiger partial charge in [0.2, 0.25) is 17.4 Å². The second-order valence-electron chi connectivity index (χ2n) is 5.00. The first-order valence-corrected chi connectivity index (χ1v) is 6.26. The van der Waals surface area contributed by atoms with Crippen molar-refractivity contribution in [2.24, 2.45) is 5.92 Å². The molecule has 1 atom stereocenters. The van der Waals surface area contributed by atoms with E-state index in [-0.39, 0.29) is 12.0 Å². The predicted molar refractivity (Wildman–Crippen MR) is 67.3 cm³/mol. The van der Waals surface area contributed by atoms with Gasteiger partial charge in [0.05, 0.1) is 5.69 Å². The molecule has 2 N–H and O–H groups in total. The van der Waals surface area contributed by atoms with Crippen molar-refractivity contribution in [2.75, 3.05) is 5.32 Å². The monoisotopic (exact) mass is 270 g/mol. The number of halogens is 2. The Morgan fingerprint density at radius 1 is 1.47 bits per heavy atom. The lowest BCUT2D eigenvalue weighted by atomic mass is 9.86. The van der Waals surface area contributed by atoms with Crippen LogP contribution in [-0.4, -0.2) is 16.8 Å². The number of carbonyl (C=O) groups excluding carboxylic acids is 1. The molecule has 1 heterocycles. The first-order valence-electron chi connectivity index (χ1n) is 6.26. The minimum Gasteiger partial charge on any atom is -0.324 e. The van der Waals surface area contributed by atoms with Crippen molar-refractivity contribution in [1.82, 2.24) is 4.98 Å². The number of amides is 1. The highest BCUT2D eigenvalue weighted by Gasteiger charge is 2.39. The fourth-order valence-electron chi connectivity index (χ4n) is 2.34. The number of pyridine rings is 1. The summed E-state index contributed by atoms with van der Waals surface area (Å²) in [7, 11) is 0. The van der Waals surface area contributed by atoms with Crippen LogP contribution in [0.1, 0.15) is 31.4 Å². The van der Waals surface area contributed by atoms with Gasteiger partial charge in [0.15, 0.2) is 0 Å². The number of anilines is 1. The number of nitrogens with one attached hydrogen (secondary N) is 2. The first-order chi connectivity index (χ1) is 8.87. The summed E-state index contributed by atoms with van der Waals surface area (Å²) in [5.41, 5.74) is 0.710. The predicted octanol–water partition coefficient (Wildman–Crippen LogP) is 2.45. The van der Waals surface area contributed by atoms with E-state index in [9.17, 15) is 18.4 Å². The van der Waals surface area contributed by atoms with Crippen molar-refractivity contribution >= 4 is 11.6 Å². The van der Waals surface area contributed by atoms with E-state index in [2.05, 4.69) is 10.3 Å². The molecule has 1 aromatic rings. The van der Waals surface area contributed by atoms with E-state index in [1.807, 2.05) is 0 Å². The Morgan fingerprint density at radius 2 is 2.21 bits per heavy atom. The van der Waals surface area contributed by atoms with Crippen LogP contribution in [0, 0.1) is 12.8 Å². The Bertz CT molecular complexity index is 540. The zero-order chi connectivity index (χ0) is 14.0. The van der Waals surface area contributed by atoms with Gasteiger partial charge in [-0.05, 0) is 25.8 Å². The van der Waals surface area contributed by atoms with Gasteiger partial charge in [-0.1, -0.05) is 0 Å². The van der Waals surface area contributed by atoms with Crippen LogP contribution < -0.4 is 10.9 Å². The van der Waals surface area contributed by atoms with Crippen LogP contribution in [0.25, 0.3) is 0 Å². The third-order valence-electron chi connectivity index (χ3n) is 3.38. The lowest BCUT2D eigenvalue weighted by molar-refractivity contribution is -0.127. The lowest BCUT2D eigenvalue weighted by Crippen LogP contribution is -2.33. The summed E-state index contributed by atoms with van der Waals surface area (Å²) in [4.78, 5) is 25.5. The summed E-state index contributed by atoms with van der Waals surface area (Å²) in [6, 6.07) is 2.77. The van der Waals surface area contributed by atoms with Crippen LogP contribution >= 0.6 is 0 Å². The number of aromatic amines is 1. The van der Waals surface area contributed by atoms with E-state index in [1.54, 1.807) is 6.92 Å². The number of carbonyl (C=O) groups is 1. The molecular weight excluding hydrogens is 254 g/mol. The number of hydrogen-bond acceptors (Lipinski definition) is 2. The Morgan fingerprint density at radius 3 is 2.84 bits per heavy atom.